The van der Waals surface area contributed by atoms with Gasteiger partial charge in [0.15, 0.2) is 10.8 Å². The molecule has 0 aliphatic heterocycles. The summed E-state index contributed by atoms with van der Waals surface area (Å²) < 4.78 is 4.86. The second-order valence-corrected chi connectivity index (χ2v) is 6.74. The van der Waals surface area contributed by atoms with Crippen LogP contribution in [0.5, 0.6) is 0 Å². The molecule has 122 valence electrons. The molecule has 0 aliphatic rings. The Morgan fingerprint density at radius 1 is 1.30 bits per heavy atom. The van der Waals surface area contributed by atoms with Gasteiger partial charge in [-0.2, -0.15) is 0 Å². The van der Waals surface area contributed by atoms with E-state index in [1.54, 1.807) is 24.1 Å². The van der Waals surface area contributed by atoms with Crippen LogP contribution in [-0.4, -0.2) is 29.2 Å². The maximum Gasteiger partial charge on any atom is 0.357 e. The van der Waals surface area contributed by atoms with E-state index >= 15 is 0 Å². The number of benzene rings is 1. The van der Waals surface area contributed by atoms with Crippen LogP contribution in [0.2, 0.25) is 0 Å². The number of carbonyl (C=O) groups excluding carboxylic acids is 2. The van der Waals surface area contributed by atoms with Gasteiger partial charge in [0.2, 0.25) is 5.91 Å². The minimum absolute atomic E-state index is 0.116. The molecular weight excluding hydrogens is 332 g/mol. The Labute approximate surface area is 143 Å². The predicted octanol–water partition coefficient (Wildman–Crippen LogP) is 3.75. The predicted molar refractivity (Wildman–Crippen MR) is 93.2 cm³/mol. The summed E-state index contributed by atoms with van der Waals surface area (Å²) in [6.45, 7) is 4.08. The van der Waals surface area contributed by atoms with Gasteiger partial charge in [-0.1, -0.05) is 17.7 Å². The van der Waals surface area contributed by atoms with Crippen LogP contribution in [0.25, 0.3) is 0 Å². The lowest BCUT2D eigenvalue weighted by Crippen LogP contribution is -2.12. The molecule has 23 heavy (non-hydrogen) atoms. The fraction of sp³-hybridized carbons (Fsp3) is 0.312. The number of thioether (sulfide) groups is 1. The fourth-order valence-corrected chi connectivity index (χ4v) is 3.26. The molecule has 0 unspecified atom stereocenters. The van der Waals surface area contributed by atoms with Crippen LogP contribution in [0.15, 0.2) is 34.5 Å². The summed E-state index contributed by atoms with van der Waals surface area (Å²) in [5.74, 6) is 0.0962. The van der Waals surface area contributed by atoms with Gasteiger partial charge in [-0.15, -0.1) is 23.1 Å². The first-order chi connectivity index (χ1) is 11.1. The number of anilines is 1. The van der Waals surface area contributed by atoms with Crippen LogP contribution in [0.1, 0.15) is 29.4 Å². The van der Waals surface area contributed by atoms with Crippen LogP contribution in [0.4, 0.5) is 5.13 Å². The largest absolute Gasteiger partial charge is 0.461 e. The highest BCUT2D eigenvalue weighted by atomic mass is 32.2. The van der Waals surface area contributed by atoms with Gasteiger partial charge >= 0.3 is 5.97 Å². The summed E-state index contributed by atoms with van der Waals surface area (Å²) in [4.78, 5) is 28.6. The number of nitrogens with one attached hydrogen (secondary N) is 1. The molecule has 0 radical (unpaired) electrons. The third-order valence-corrected chi connectivity index (χ3v) is 4.63. The maximum atomic E-state index is 11.9. The zero-order valence-electron chi connectivity index (χ0n) is 13.0. The second kappa shape index (κ2) is 8.69. The van der Waals surface area contributed by atoms with E-state index < -0.39 is 5.97 Å². The van der Waals surface area contributed by atoms with Crippen LogP contribution < -0.4 is 5.32 Å². The number of hydrogen-bond acceptors (Lipinski definition) is 6. The van der Waals surface area contributed by atoms with E-state index in [1.165, 1.54) is 16.9 Å². The quantitative estimate of drug-likeness (QED) is 0.608. The number of ether oxygens (including phenoxy) is 1. The first kappa shape index (κ1) is 17.5. The van der Waals surface area contributed by atoms with Crippen molar-refractivity contribution in [3.05, 3.63) is 40.9 Å². The first-order valence-electron chi connectivity index (χ1n) is 7.20. The van der Waals surface area contributed by atoms with Crippen LogP contribution in [0, 0.1) is 6.92 Å². The summed E-state index contributed by atoms with van der Waals surface area (Å²) >= 11 is 2.85. The van der Waals surface area contributed by atoms with Gasteiger partial charge in [0.1, 0.15) is 0 Å². The third-order valence-electron chi connectivity index (χ3n) is 2.85. The van der Waals surface area contributed by atoms with Gasteiger partial charge in [0.25, 0.3) is 0 Å². The molecule has 1 heterocycles. The van der Waals surface area contributed by atoms with Crippen LogP contribution in [-0.2, 0) is 9.53 Å². The van der Waals surface area contributed by atoms with E-state index in [0.29, 0.717) is 23.9 Å². The van der Waals surface area contributed by atoms with E-state index in [9.17, 15) is 9.59 Å². The number of esters is 1. The second-order valence-electron chi connectivity index (χ2n) is 4.72. The van der Waals surface area contributed by atoms with Gasteiger partial charge in [0, 0.05) is 22.4 Å². The number of aryl methyl sites for hydroxylation is 1. The smallest absolute Gasteiger partial charge is 0.357 e. The number of carbonyl (C=O) groups is 2. The van der Waals surface area contributed by atoms with Crippen molar-refractivity contribution < 1.29 is 14.3 Å². The molecule has 1 N–H and O–H groups in total. The molecule has 2 rings (SSSR count). The van der Waals surface area contributed by atoms with Crippen LogP contribution >= 0.6 is 23.1 Å². The molecule has 0 bridgehead atoms. The standard InChI is InChI=1S/C16H18N2O3S2/c1-3-21-15(20)13-10-23-16(17-13)18-14(19)8-9-22-12-6-4-11(2)5-7-12/h4-7,10H,3,8-9H2,1-2H3,(H,17,18,19). The number of rotatable bonds is 7. The van der Waals surface area contributed by atoms with Gasteiger partial charge < -0.3 is 10.1 Å². The fourth-order valence-electron chi connectivity index (χ4n) is 1.71. The summed E-state index contributed by atoms with van der Waals surface area (Å²) in [5.41, 5.74) is 1.44. The summed E-state index contributed by atoms with van der Waals surface area (Å²) in [5, 5.41) is 4.70. The summed E-state index contributed by atoms with van der Waals surface area (Å²) in [6, 6.07) is 8.19. The molecule has 7 heteroatoms. The zero-order chi connectivity index (χ0) is 16.7. The molecule has 0 fully saturated rings. The molecule has 0 spiro atoms. The lowest BCUT2D eigenvalue weighted by molar-refractivity contribution is -0.115. The van der Waals surface area contributed by atoms with E-state index in [-0.39, 0.29) is 11.6 Å². The van der Waals surface area contributed by atoms with Gasteiger partial charge in [-0.3, -0.25) is 4.79 Å². The minimum atomic E-state index is -0.473. The molecule has 1 amide bonds. The molecule has 0 saturated heterocycles. The average Bonchev–Trinajstić information content (AvgIpc) is 2.98. The topological polar surface area (TPSA) is 68.3 Å². The SMILES string of the molecule is CCOC(=O)c1csc(NC(=O)CCSc2ccc(C)cc2)n1. The highest BCUT2D eigenvalue weighted by Gasteiger charge is 2.13. The lowest BCUT2D eigenvalue weighted by atomic mass is 10.2. The summed E-state index contributed by atoms with van der Waals surface area (Å²) in [7, 11) is 0. The molecule has 0 atom stereocenters. The van der Waals surface area contributed by atoms with Crippen molar-refractivity contribution in [3.63, 3.8) is 0 Å². The maximum absolute atomic E-state index is 11.9. The first-order valence-corrected chi connectivity index (χ1v) is 9.07. The van der Waals surface area contributed by atoms with Gasteiger partial charge in [-0.05, 0) is 26.0 Å². The number of amides is 1. The molecule has 0 saturated carbocycles. The van der Waals surface area contributed by atoms with E-state index in [4.69, 9.17) is 4.74 Å². The molecule has 2 aromatic rings. The Morgan fingerprint density at radius 3 is 2.74 bits per heavy atom. The Morgan fingerprint density at radius 2 is 2.04 bits per heavy atom. The molecular formula is C16H18N2O3S2. The monoisotopic (exact) mass is 350 g/mol. The van der Waals surface area contributed by atoms with E-state index in [2.05, 4.69) is 22.4 Å². The van der Waals surface area contributed by atoms with Crippen molar-refractivity contribution in [3.8, 4) is 0 Å². The lowest BCUT2D eigenvalue weighted by Gasteiger charge is -2.03. The molecule has 1 aromatic heterocycles. The average molecular weight is 350 g/mol. The summed E-state index contributed by atoms with van der Waals surface area (Å²) in [6.07, 6.45) is 0.382. The Hall–Kier alpha value is -1.86. The normalized spacial score (nSPS) is 10.3. The van der Waals surface area contributed by atoms with Gasteiger partial charge in [-0.25, -0.2) is 9.78 Å². The number of aromatic nitrogens is 1. The van der Waals surface area contributed by atoms with Gasteiger partial charge in [0.05, 0.1) is 6.61 Å². The van der Waals surface area contributed by atoms with Crippen molar-refractivity contribution >= 4 is 40.1 Å². The van der Waals surface area contributed by atoms with E-state index in [1.807, 2.05) is 19.1 Å². The Kier molecular flexibility index (Phi) is 6.61. The number of hydrogen-bond donors (Lipinski definition) is 1. The number of nitrogens with zero attached hydrogens (tertiary/aromatic N) is 1. The van der Waals surface area contributed by atoms with Crippen LogP contribution in [0.3, 0.4) is 0 Å². The minimum Gasteiger partial charge on any atom is -0.461 e. The van der Waals surface area contributed by atoms with Crippen molar-refractivity contribution in [2.24, 2.45) is 0 Å². The number of thiazole rings is 1. The van der Waals surface area contributed by atoms with Crippen molar-refractivity contribution in [1.82, 2.24) is 4.98 Å². The Bertz CT molecular complexity index is 668. The van der Waals surface area contributed by atoms with E-state index in [0.717, 1.165) is 4.90 Å². The molecule has 5 nitrogen and oxygen atoms in total. The highest BCUT2D eigenvalue weighted by molar-refractivity contribution is 7.99. The Balaban J connectivity index is 1.76. The highest BCUT2D eigenvalue weighted by Crippen LogP contribution is 2.20. The third kappa shape index (κ3) is 5.69. The van der Waals surface area contributed by atoms with Crippen molar-refractivity contribution in [2.45, 2.75) is 25.2 Å². The zero-order valence-corrected chi connectivity index (χ0v) is 14.6. The molecule has 0 aliphatic carbocycles. The van der Waals surface area contributed by atoms with Crippen molar-refractivity contribution in [2.75, 3.05) is 17.7 Å². The van der Waals surface area contributed by atoms with Crippen molar-refractivity contribution in [1.29, 1.82) is 0 Å². The molecule has 1 aromatic carbocycles.